The topological polar surface area (TPSA) is 76.9 Å². The number of nitrogens with zero attached hydrogens (tertiary/aromatic N) is 1. The molecule has 1 aromatic carbocycles. The normalized spacial score (nSPS) is 13.6. The summed E-state index contributed by atoms with van der Waals surface area (Å²) in [6.07, 6.45) is 1.89. The Bertz CT molecular complexity index is 658. The molecule has 4 N–H and O–H groups in total. The Hall–Kier alpha value is -1.32. The lowest BCUT2D eigenvalue weighted by Crippen LogP contribution is -2.39. The molecule has 0 bridgehead atoms. The van der Waals surface area contributed by atoms with Crippen LogP contribution in [-0.2, 0) is 12.0 Å². The lowest BCUT2D eigenvalue weighted by molar-refractivity contribution is 0.0711. The number of benzene rings is 1. The number of hydrogen-bond acceptors (Lipinski definition) is 4. The highest BCUT2D eigenvalue weighted by Gasteiger charge is 2.23. The SMILES string of the molecule is CCNC(=NCC(C)(O)c1cccs1)NCCCc1ccc(O)cc1.I. The fraction of sp³-hybridized carbons (Fsp3) is 0.421. The maximum Gasteiger partial charge on any atom is 0.191 e. The van der Waals surface area contributed by atoms with Crippen LogP contribution in [0.3, 0.4) is 0 Å². The fourth-order valence-electron chi connectivity index (χ4n) is 2.40. The van der Waals surface area contributed by atoms with Crippen molar-refractivity contribution in [1.29, 1.82) is 0 Å². The van der Waals surface area contributed by atoms with Crippen LogP contribution in [0.2, 0.25) is 0 Å². The maximum absolute atomic E-state index is 10.6. The Kier molecular flexibility index (Phi) is 9.97. The number of nitrogens with one attached hydrogen (secondary N) is 2. The van der Waals surface area contributed by atoms with E-state index < -0.39 is 5.60 Å². The highest BCUT2D eigenvalue weighted by atomic mass is 127. The molecule has 7 heteroatoms. The second-order valence-electron chi connectivity index (χ2n) is 6.14. The molecule has 2 aromatic rings. The molecule has 0 radical (unpaired) electrons. The summed E-state index contributed by atoms with van der Waals surface area (Å²) in [7, 11) is 0. The van der Waals surface area contributed by atoms with Crippen LogP contribution < -0.4 is 10.6 Å². The number of aliphatic imine (C=N–C) groups is 1. The van der Waals surface area contributed by atoms with Crippen molar-refractivity contribution in [3.63, 3.8) is 0 Å². The molecular formula is C19H28IN3O2S. The third kappa shape index (κ3) is 7.51. The zero-order chi connectivity index (χ0) is 18.1. The molecule has 1 aromatic heterocycles. The van der Waals surface area contributed by atoms with Crippen molar-refractivity contribution in [2.24, 2.45) is 4.99 Å². The van der Waals surface area contributed by atoms with Gasteiger partial charge < -0.3 is 20.8 Å². The molecule has 1 atom stereocenters. The molecule has 0 saturated heterocycles. The molecule has 0 saturated carbocycles. The van der Waals surface area contributed by atoms with Gasteiger partial charge in [-0.05, 0) is 55.8 Å². The van der Waals surface area contributed by atoms with Gasteiger partial charge in [-0.15, -0.1) is 35.3 Å². The maximum atomic E-state index is 10.6. The van der Waals surface area contributed by atoms with Crippen molar-refractivity contribution in [3.05, 3.63) is 52.2 Å². The van der Waals surface area contributed by atoms with E-state index in [2.05, 4.69) is 15.6 Å². The predicted molar refractivity (Wildman–Crippen MR) is 120 cm³/mol. The van der Waals surface area contributed by atoms with Gasteiger partial charge in [-0.2, -0.15) is 0 Å². The highest BCUT2D eigenvalue weighted by Crippen LogP contribution is 2.25. The summed E-state index contributed by atoms with van der Waals surface area (Å²) in [5.41, 5.74) is 0.241. The van der Waals surface area contributed by atoms with E-state index in [1.807, 2.05) is 36.6 Å². The quantitative estimate of drug-likeness (QED) is 0.198. The molecule has 0 aliphatic heterocycles. The van der Waals surface area contributed by atoms with Crippen LogP contribution in [0.15, 0.2) is 46.8 Å². The van der Waals surface area contributed by atoms with Crippen LogP contribution in [0.5, 0.6) is 5.75 Å². The first-order valence-electron chi connectivity index (χ1n) is 8.57. The van der Waals surface area contributed by atoms with Gasteiger partial charge in [0.1, 0.15) is 11.4 Å². The van der Waals surface area contributed by atoms with E-state index in [1.165, 1.54) is 16.9 Å². The fourth-order valence-corrected chi connectivity index (χ4v) is 3.18. The van der Waals surface area contributed by atoms with E-state index >= 15 is 0 Å². The first kappa shape index (κ1) is 22.7. The minimum absolute atomic E-state index is 0. The largest absolute Gasteiger partial charge is 0.508 e. The molecular weight excluding hydrogens is 461 g/mol. The van der Waals surface area contributed by atoms with Gasteiger partial charge in [0.2, 0.25) is 0 Å². The average molecular weight is 489 g/mol. The van der Waals surface area contributed by atoms with Gasteiger partial charge in [-0.25, -0.2) is 4.99 Å². The Labute approximate surface area is 176 Å². The Morgan fingerprint density at radius 3 is 2.54 bits per heavy atom. The number of aliphatic hydroxyl groups is 1. The van der Waals surface area contributed by atoms with Crippen LogP contribution in [0.25, 0.3) is 0 Å². The van der Waals surface area contributed by atoms with Crippen molar-refractivity contribution in [2.45, 2.75) is 32.3 Å². The van der Waals surface area contributed by atoms with Crippen LogP contribution >= 0.6 is 35.3 Å². The predicted octanol–water partition coefficient (Wildman–Crippen LogP) is 3.47. The van der Waals surface area contributed by atoms with Crippen molar-refractivity contribution in [3.8, 4) is 5.75 Å². The number of phenolic OH excluding ortho intramolecular Hbond substituents is 1. The number of phenols is 1. The average Bonchev–Trinajstić information content (AvgIpc) is 3.13. The summed E-state index contributed by atoms with van der Waals surface area (Å²) in [5.74, 6) is 1.01. The summed E-state index contributed by atoms with van der Waals surface area (Å²) in [6.45, 7) is 5.67. The van der Waals surface area contributed by atoms with E-state index in [4.69, 9.17) is 0 Å². The first-order chi connectivity index (χ1) is 12.0. The summed E-state index contributed by atoms with van der Waals surface area (Å²) in [4.78, 5) is 5.43. The van der Waals surface area contributed by atoms with Crippen molar-refractivity contribution in [1.82, 2.24) is 10.6 Å². The van der Waals surface area contributed by atoms with E-state index in [0.717, 1.165) is 30.8 Å². The zero-order valence-corrected chi connectivity index (χ0v) is 18.4. The summed E-state index contributed by atoms with van der Waals surface area (Å²) < 4.78 is 0. The van der Waals surface area contributed by atoms with E-state index in [1.54, 1.807) is 19.1 Å². The van der Waals surface area contributed by atoms with Crippen LogP contribution in [0.1, 0.15) is 30.7 Å². The summed E-state index contributed by atoms with van der Waals surface area (Å²) in [5, 5.41) is 28.3. The van der Waals surface area contributed by atoms with Gasteiger partial charge in [-0.3, -0.25) is 0 Å². The third-order valence-electron chi connectivity index (χ3n) is 3.81. The van der Waals surface area contributed by atoms with Crippen molar-refractivity contribution in [2.75, 3.05) is 19.6 Å². The molecule has 0 fully saturated rings. The minimum atomic E-state index is -0.956. The third-order valence-corrected chi connectivity index (χ3v) is 4.94. The molecule has 1 heterocycles. The zero-order valence-electron chi connectivity index (χ0n) is 15.2. The second-order valence-corrected chi connectivity index (χ2v) is 7.09. The van der Waals surface area contributed by atoms with Crippen LogP contribution in [0.4, 0.5) is 0 Å². The van der Waals surface area contributed by atoms with Gasteiger partial charge in [-0.1, -0.05) is 18.2 Å². The molecule has 26 heavy (non-hydrogen) atoms. The molecule has 0 aliphatic carbocycles. The Morgan fingerprint density at radius 2 is 1.92 bits per heavy atom. The van der Waals surface area contributed by atoms with Gasteiger partial charge in [0.15, 0.2) is 5.96 Å². The second kappa shape index (κ2) is 11.4. The van der Waals surface area contributed by atoms with E-state index in [-0.39, 0.29) is 24.0 Å². The number of thiophene rings is 1. The van der Waals surface area contributed by atoms with Crippen LogP contribution in [-0.4, -0.2) is 35.8 Å². The van der Waals surface area contributed by atoms with E-state index in [9.17, 15) is 10.2 Å². The van der Waals surface area contributed by atoms with Gasteiger partial charge in [0.05, 0.1) is 6.54 Å². The van der Waals surface area contributed by atoms with Crippen LogP contribution in [0, 0.1) is 0 Å². The smallest absolute Gasteiger partial charge is 0.191 e. The van der Waals surface area contributed by atoms with Gasteiger partial charge in [0.25, 0.3) is 0 Å². The van der Waals surface area contributed by atoms with Crippen molar-refractivity contribution >= 4 is 41.3 Å². The summed E-state index contributed by atoms with van der Waals surface area (Å²) in [6, 6.07) is 11.2. The summed E-state index contributed by atoms with van der Waals surface area (Å²) >= 11 is 1.54. The number of aromatic hydroxyl groups is 1. The minimum Gasteiger partial charge on any atom is -0.508 e. The van der Waals surface area contributed by atoms with E-state index in [0.29, 0.717) is 18.3 Å². The van der Waals surface area contributed by atoms with Crippen molar-refractivity contribution < 1.29 is 10.2 Å². The monoisotopic (exact) mass is 489 g/mol. The molecule has 0 amide bonds. The highest BCUT2D eigenvalue weighted by molar-refractivity contribution is 14.0. The molecule has 0 aliphatic rings. The first-order valence-corrected chi connectivity index (χ1v) is 9.45. The lowest BCUT2D eigenvalue weighted by atomic mass is 10.1. The standard InChI is InChI=1S/C19H27N3O2S.HI/c1-3-20-18(22-14-19(2,24)17-7-5-13-25-17)21-12-4-6-15-8-10-16(23)11-9-15;/h5,7-11,13,23-24H,3-4,6,12,14H2,1-2H3,(H2,20,21,22);1H. The van der Waals surface area contributed by atoms with Gasteiger partial charge in [0, 0.05) is 18.0 Å². The number of hydrogen-bond donors (Lipinski definition) is 4. The number of halogens is 1. The number of aryl methyl sites for hydroxylation is 1. The molecule has 2 rings (SSSR count). The molecule has 144 valence electrons. The Morgan fingerprint density at radius 1 is 1.19 bits per heavy atom. The molecule has 1 unspecified atom stereocenters. The Balaban J connectivity index is 0.00000338. The van der Waals surface area contributed by atoms with Gasteiger partial charge >= 0.3 is 0 Å². The molecule has 5 nitrogen and oxygen atoms in total. The lowest BCUT2D eigenvalue weighted by Gasteiger charge is -2.20. The molecule has 0 spiro atoms. The number of guanidine groups is 1. The number of rotatable bonds is 8.